The normalized spacial score (nSPS) is 9.62. The van der Waals surface area contributed by atoms with Crippen molar-refractivity contribution >= 4 is 17.5 Å². The van der Waals surface area contributed by atoms with Crippen molar-refractivity contribution in [2.24, 2.45) is 5.73 Å². The molecule has 0 radical (unpaired) electrons. The molecule has 16 heavy (non-hydrogen) atoms. The van der Waals surface area contributed by atoms with Crippen LogP contribution >= 0.6 is 0 Å². The Hall–Kier alpha value is -1.95. The van der Waals surface area contributed by atoms with E-state index in [2.05, 4.69) is 10.6 Å². The highest BCUT2D eigenvalue weighted by Crippen LogP contribution is 2.08. The highest BCUT2D eigenvalue weighted by atomic mass is 19.1. The van der Waals surface area contributed by atoms with Crippen LogP contribution in [0.4, 0.5) is 10.1 Å². The summed E-state index contributed by atoms with van der Waals surface area (Å²) in [6.45, 7) is -0.361. The number of amides is 2. The zero-order chi connectivity index (χ0) is 12.0. The van der Waals surface area contributed by atoms with E-state index in [0.29, 0.717) is 5.69 Å². The molecule has 6 heteroatoms. The monoisotopic (exact) mass is 225 g/mol. The Balaban J connectivity index is 2.43. The van der Waals surface area contributed by atoms with Gasteiger partial charge in [0.25, 0.3) is 0 Å². The van der Waals surface area contributed by atoms with Gasteiger partial charge in [-0.15, -0.1) is 0 Å². The molecule has 1 aromatic carbocycles. The summed E-state index contributed by atoms with van der Waals surface area (Å²) in [7, 11) is 0. The Morgan fingerprint density at radius 1 is 1.31 bits per heavy atom. The van der Waals surface area contributed by atoms with Gasteiger partial charge in [0.2, 0.25) is 11.8 Å². The molecule has 0 aliphatic carbocycles. The van der Waals surface area contributed by atoms with Crippen molar-refractivity contribution in [3.8, 4) is 0 Å². The summed E-state index contributed by atoms with van der Waals surface area (Å²) < 4.78 is 12.7. The van der Waals surface area contributed by atoms with E-state index in [9.17, 15) is 14.0 Å². The minimum Gasteiger partial charge on any atom is -0.346 e. The molecule has 0 fully saturated rings. The molecule has 0 saturated heterocycles. The van der Waals surface area contributed by atoms with Gasteiger partial charge in [0.1, 0.15) is 5.82 Å². The molecule has 0 heterocycles. The van der Waals surface area contributed by atoms with Gasteiger partial charge in [0.15, 0.2) is 0 Å². The first kappa shape index (κ1) is 12.1. The van der Waals surface area contributed by atoms with Crippen LogP contribution in [0.5, 0.6) is 0 Å². The van der Waals surface area contributed by atoms with Crippen LogP contribution in [0, 0.1) is 5.82 Å². The lowest BCUT2D eigenvalue weighted by Gasteiger charge is -2.05. The number of carbonyl (C=O) groups is 2. The number of hydrogen-bond donors (Lipinski definition) is 3. The average molecular weight is 225 g/mol. The van der Waals surface area contributed by atoms with Crippen molar-refractivity contribution < 1.29 is 14.0 Å². The molecular weight excluding hydrogens is 213 g/mol. The molecule has 0 unspecified atom stereocenters. The number of rotatable bonds is 4. The number of nitrogens with one attached hydrogen (secondary N) is 2. The molecule has 0 aliphatic heterocycles. The highest BCUT2D eigenvalue weighted by Gasteiger charge is 2.04. The Morgan fingerprint density at radius 2 is 2.06 bits per heavy atom. The van der Waals surface area contributed by atoms with Crippen molar-refractivity contribution in [2.45, 2.75) is 0 Å². The van der Waals surface area contributed by atoms with Crippen molar-refractivity contribution in [1.82, 2.24) is 5.32 Å². The van der Waals surface area contributed by atoms with Gasteiger partial charge in [-0.25, -0.2) is 4.39 Å². The zero-order valence-electron chi connectivity index (χ0n) is 8.50. The number of carbonyl (C=O) groups excluding carboxylic acids is 2. The first-order valence-electron chi connectivity index (χ1n) is 4.64. The van der Waals surface area contributed by atoms with Gasteiger partial charge < -0.3 is 16.4 Å². The topological polar surface area (TPSA) is 84.2 Å². The summed E-state index contributed by atoms with van der Waals surface area (Å²) >= 11 is 0. The van der Waals surface area contributed by atoms with Gasteiger partial charge in [0.05, 0.1) is 13.1 Å². The van der Waals surface area contributed by atoms with Crippen molar-refractivity contribution in [3.63, 3.8) is 0 Å². The lowest BCUT2D eigenvalue weighted by atomic mass is 10.3. The van der Waals surface area contributed by atoms with Gasteiger partial charge >= 0.3 is 0 Å². The molecule has 0 aliphatic rings. The van der Waals surface area contributed by atoms with E-state index >= 15 is 0 Å². The van der Waals surface area contributed by atoms with E-state index in [4.69, 9.17) is 5.73 Å². The molecule has 0 bridgehead atoms. The zero-order valence-corrected chi connectivity index (χ0v) is 8.50. The molecule has 0 spiro atoms. The summed E-state index contributed by atoms with van der Waals surface area (Å²) in [6, 6.07) is 5.48. The predicted molar refractivity (Wildman–Crippen MR) is 57.1 cm³/mol. The average Bonchev–Trinajstić information content (AvgIpc) is 2.26. The van der Waals surface area contributed by atoms with Gasteiger partial charge in [-0.1, -0.05) is 6.07 Å². The van der Waals surface area contributed by atoms with E-state index in [1.54, 1.807) is 6.07 Å². The number of halogens is 1. The molecule has 2 amide bonds. The van der Waals surface area contributed by atoms with Crippen LogP contribution in [0.2, 0.25) is 0 Å². The third-order valence-corrected chi connectivity index (χ3v) is 1.74. The van der Waals surface area contributed by atoms with Crippen molar-refractivity contribution in [1.29, 1.82) is 0 Å². The van der Waals surface area contributed by atoms with E-state index in [1.807, 2.05) is 0 Å². The van der Waals surface area contributed by atoms with Gasteiger partial charge in [0, 0.05) is 5.69 Å². The Kier molecular flexibility index (Phi) is 4.41. The summed E-state index contributed by atoms with van der Waals surface area (Å²) in [5, 5.41) is 4.72. The number of benzene rings is 1. The largest absolute Gasteiger partial charge is 0.346 e. The van der Waals surface area contributed by atoms with E-state index in [1.165, 1.54) is 18.2 Å². The molecule has 0 atom stereocenters. The molecular formula is C10H12FN3O2. The van der Waals surface area contributed by atoms with Crippen molar-refractivity contribution in [3.05, 3.63) is 30.1 Å². The van der Waals surface area contributed by atoms with E-state index < -0.39 is 17.6 Å². The molecule has 4 N–H and O–H groups in total. The molecule has 0 saturated carbocycles. The SMILES string of the molecule is NCC(=O)NCC(=O)Nc1cccc(F)c1. The minimum absolute atomic E-state index is 0.173. The quantitative estimate of drug-likeness (QED) is 0.665. The fourth-order valence-corrected chi connectivity index (χ4v) is 1.02. The smallest absolute Gasteiger partial charge is 0.243 e. The maximum Gasteiger partial charge on any atom is 0.243 e. The summed E-state index contributed by atoms with van der Waals surface area (Å²) in [6.07, 6.45) is 0. The predicted octanol–water partition coefficient (Wildman–Crippen LogP) is -0.161. The standard InChI is InChI=1S/C10H12FN3O2/c11-7-2-1-3-8(4-7)14-10(16)6-13-9(15)5-12/h1-4H,5-6,12H2,(H,13,15)(H,14,16). The summed E-state index contributed by atoms with van der Waals surface area (Å²) in [5.41, 5.74) is 5.38. The number of nitrogens with two attached hydrogens (primary N) is 1. The number of anilines is 1. The molecule has 86 valence electrons. The molecule has 1 aromatic rings. The van der Waals surface area contributed by atoms with Crippen LogP contribution in [0.3, 0.4) is 0 Å². The summed E-state index contributed by atoms with van der Waals surface area (Å²) in [4.78, 5) is 22.0. The summed E-state index contributed by atoms with van der Waals surface area (Å²) in [5.74, 6) is -1.30. The Morgan fingerprint density at radius 3 is 2.69 bits per heavy atom. The van der Waals surface area contributed by atoms with Crippen LogP contribution in [0.25, 0.3) is 0 Å². The van der Waals surface area contributed by atoms with Crippen LogP contribution < -0.4 is 16.4 Å². The second kappa shape index (κ2) is 5.82. The second-order valence-electron chi connectivity index (χ2n) is 3.04. The van der Waals surface area contributed by atoms with Crippen LogP contribution in [0.1, 0.15) is 0 Å². The first-order valence-corrected chi connectivity index (χ1v) is 4.64. The minimum atomic E-state index is -0.441. The Bertz CT molecular complexity index is 395. The second-order valence-corrected chi connectivity index (χ2v) is 3.04. The van der Waals surface area contributed by atoms with Crippen LogP contribution in [0.15, 0.2) is 24.3 Å². The van der Waals surface area contributed by atoms with Gasteiger partial charge in [-0.2, -0.15) is 0 Å². The molecule has 1 rings (SSSR count). The van der Waals surface area contributed by atoms with Crippen molar-refractivity contribution in [2.75, 3.05) is 18.4 Å². The van der Waals surface area contributed by atoms with Crippen LogP contribution in [-0.2, 0) is 9.59 Å². The lowest BCUT2D eigenvalue weighted by Crippen LogP contribution is -2.36. The van der Waals surface area contributed by atoms with E-state index in [0.717, 1.165) is 0 Å². The number of hydrogen-bond acceptors (Lipinski definition) is 3. The first-order chi connectivity index (χ1) is 7.61. The molecule has 5 nitrogen and oxygen atoms in total. The Labute approximate surface area is 91.8 Å². The fourth-order valence-electron chi connectivity index (χ4n) is 1.02. The van der Waals surface area contributed by atoms with E-state index in [-0.39, 0.29) is 13.1 Å². The third kappa shape index (κ3) is 4.05. The molecule has 0 aromatic heterocycles. The lowest BCUT2D eigenvalue weighted by molar-refractivity contribution is -0.123. The maximum absolute atomic E-state index is 12.7. The van der Waals surface area contributed by atoms with Crippen LogP contribution in [-0.4, -0.2) is 24.9 Å². The highest BCUT2D eigenvalue weighted by molar-refractivity contribution is 5.94. The maximum atomic E-state index is 12.7. The van der Waals surface area contributed by atoms with Gasteiger partial charge in [-0.05, 0) is 18.2 Å². The third-order valence-electron chi connectivity index (χ3n) is 1.74. The van der Waals surface area contributed by atoms with Gasteiger partial charge in [-0.3, -0.25) is 9.59 Å². The fraction of sp³-hybridized carbons (Fsp3) is 0.200.